The fourth-order valence-electron chi connectivity index (χ4n) is 2.41. The second-order valence-corrected chi connectivity index (χ2v) is 5.36. The number of benzene rings is 1. The lowest BCUT2D eigenvalue weighted by atomic mass is 9.88. The Kier molecular flexibility index (Phi) is 2.95. The molecular formula is C13H14ClN3O2. The molecule has 1 atom stereocenters. The minimum Gasteiger partial charge on any atom is -0.508 e. The average Bonchev–Trinajstić information content (AvgIpc) is 3.10. The summed E-state index contributed by atoms with van der Waals surface area (Å²) >= 11 is 6.16. The van der Waals surface area contributed by atoms with E-state index in [-0.39, 0.29) is 11.7 Å². The molecule has 1 aromatic carbocycles. The molecule has 2 N–H and O–H groups in total. The standard InChI is InChI=1S/C13H14ClN3O2/c14-12-5-10(18)3-4-11(12)13(19,9-1-2-9)6-17-8-15-7-16-17/h3-5,7-9,18-19H,1-2,6H2. The molecule has 1 aliphatic carbocycles. The van der Waals surface area contributed by atoms with E-state index in [1.54, 1.807) is 17.1 Å². The maximum atomic E-state index is 11.0. The number of hydrogen-bond donors (Lipinski definition) is 2. The van der Waals surface area contributed by atoms with Crippen molar-refractivity contribution in [2.24, 2.45) is 5.92 Å². The molecule has 6 heteroatoms. The molecule has 1 aliphatic rings. The van der Waals surface area contributed by atoms with E-state index in [0.717, 1.165) is 12.8 Å². The number of aromatic hydroxyl groups is 1. The molecule has 2 aromatic rings. The number of phenols is 1. The summed E-state index contributed by atoms with van der Waals surface area (Å²) in [6.07, 6.45) is 4.93. The van der Waals surface area contributed by atoms with Crippen LogP contribution in [0.3, 0.4) is 0 Å². The van der Waals surface area contributed by atoms with Gasteiger partial charge in [0.1, 0.15) is 24.0 Å². The van der Waals surface area contributed by atoms with Gasteiger partial charge in [0, 0.05) is 5.56 Å². The third-order valence-electron chi connectivity index (χ3n) is 3.54. The van der Waals surface area contributed by atoms with Crippen LogP contribution in [0.2, 0.25) is 5.02 Å². The molecule has 19 heavy (non-hydrogen) atoms. The van der Waals surface area contributed by atoms with Crippen molar-refractivity contribution in [2.45, 2.75) is 25.0 Å². The van der Waals surface area contributed by atoms with Gasteiger partial charge in [0.15, 0.2) is 0 Å². The summed E-state index contributed by atoms with van der Waals surface area (Å²) in [6, 6.07) is 4.66. The summed E-state index contributed by atoms with van der Waals surface area (Å²) < 4.78 is 1.60. The molecular weight excluding hydrogens is 266 g/mol. The molecule has 0 amide bonds. The SMILES string of the molecule is Oc1ccc(C(O)(Cn2cncn2)C2CC2)c(Cl)c1. The van der Waals surface area contributed by atoms with E-state index < -0.39 is 5.60 Å². The normalized spacial score (nSPS) is 18.2. The van der Waals surface area contributed by atoms with Crippen LogP contribution in [-0.2, 0) is 12.1 Å². The Morgan fingerprint density at radius 2 is 2.21 bits per heavy atom. The molecule has 0 spiro atoms. The Bertz CT molecular complexity index is 584. The summed E-state index contributed by atoms with van der Waals surface area (Å²) in [4.78, 5) is 3.88. The molecule has 5 nitrogen and oxygen atoms in total. The zero-order valence-electron chi connectivity index (χ0n) is 10.2. The van der Waals surface area contributed by atoms with Crippen molar-refractivity contribution in [3.05, 3.63) is 41.4 Å². The van der Waals surface area contributed by atoms with E-state index in [1.807, 2.05) is 0 Å². The van der Waals surface area contributed by atoms with Crippen molar-refractivity contribution in [1.82, 2.24) is 14.8 Å². The van der Waals surface area contributed by atoms with Gasteiger partial charge in [-0.25, -0.2) is 9.67 Å². The Hall–Kier alpha value is -1.59. The maximum Gasteiger partial charge on any atom is 0.137 e. The minimum absolute atomic E-state index is 0.0904. The van der Waals surface area contributed by atoms with Crippen LogP contribution in [0, 0.1) is 5.92 Å². The van der Waals surface area contributed by atoms with Gasteiger partial charge in [0.2, 0.25) is 0 Å². The molecule has 0 aliphatic heterocycles. The summed E-state index contributed by atoms with van der Waals surface area (Å²) in [5.74, 6) is 0.256. The largest absolute Gasteiger partial charge is 0.508 e. The first-order valence-corrected chi connectivity index (χ1v) is 6.51. The van der Waals surface area contributed by atoms with Gasteiger partial charge in [-0.15, -0.1) is 0 Å². The smallest absolute Gasteiger partial charge is 0.137 e. The predicted molar refractivity (Wildman–Crippen MR) is 69.8 cm³/mol. The van der Waals surface area contributed by atoms with E-state index >= 15 is 0 Å². The van der Waals surface area contributed by atoms with Crippen molar-refractivity contribution in [1.29, 1.82) is 0 Å². The van der Waals surface area contributed by atoms with E-state index in [4.69, 9.17) is 11.6 Å². The van der Waals surface area contributed by atoms with E-state index in [9.17, 15) is 10.2 Å². The van der Waals surface area contributed by atoms with Crippen LogP contribution in [0.1, 0.15) is 18.4 Å². The topological polar surface area (TPSA) is 71.2 Å². The highest BCUT2D eigenvalue weighted by atomic mass is 35.5. The monoisotopic (exact) mass is 279 g/mol. The number of rotatable bonds is 4. The van der Waals surface area contributed by atoms with Gasteiger partial charge in [-0.2, -0.15) is 5.10 Å². The highest BCUT2D eigenvalue weighted by Crippen LogP contribution is 2.48. The lowest BCUT2D eigenvalue weighted by Crippen LogP contribution is -2.34. The zero-order chi connectivity index (χ0) is 13.5. The van der Waals surface area contributed by atoms with Crippen LogP contribution in [0.4, 0.5) is 0 Å². The van der Waals surface area contributed by atoms with Crippen molar-refractivity contribution in [3.63, 3.8) is 0 Å². The number of aromatic nitrogens is 3. The first-order valence-electron chi connectivity index (χ1n) is 6.13. The summed E-state index contributed by atoms with van der Waals surface area (Å²) in [5.41, 5.74) is -0.441. The molecule has 0 radical (unpaired) electrons. The Labute approximate surface area is 115 Å². The molecule has 1 heterocycles. The third kappa shape index (κ3) is 2.31. The Morgan fingerprint density at radius 1 is 1.42 bits per heavy atom. The highest BCUT2D eigenvalue weighted by molar-refractivity contribution is 6.31. The molecule has 0 saturated heterocycles. The number of aliphatic hydroxyl groups is 1. The van der Waals surface area contributed by atoms with Gasteiger partial charge in [0.25, 0.3) is 0 Å². The number of hydrogen-bond acceptors (Lipinski definition) is 4. The third-order valence-corrected chi connectivity index (χ3v) is 3.85. The molecule has 1 fully saturated rings. The number of halogens is 1. The highest BCUT2D eigenvalue weighted by Gasteiger charge is 2.46. The molecule has 3 rings (SSSR count). The quantitative estimate of drug-likeness (QED) is 0.897. The van der Waals surface area contributed by atoms with Crippen molar-refractivity contribution in [3.8, 4) is 5.75 Å². The average molecular weight is 280 g/mol. The fraction of sp³-hybridized carbons (Fsp3) is 0.385. The maximum absolute atomic E-state index is 11.0. The van der Waals surface area contributed by atoms with Crippen molar-refractivity contribution in [2.75, 3.05) is 0 Å². The van der Waals surface area contributed by atoms with Crippen molar-refractivity contribution < 1.29 is 10.2 Å². The second-order valence-electron chi connectivity index (χ2n) is 4.96. The van der Waals surface area contributed by atoms with Gasteiger partial charge >= 0.3 is 0 Å². The van der Waals surface area contributed by atoms with Gasteiger partial charge < -0.3 is 10.2 Å². The van der Waals surface area contributed by atoms with Crippen LogP contribution in [0.5, 0.6) is 5.75 Å². The summed E-state index contributed by atoms with van der Waals surface area (Å²) in [5, 5.41) is 24.8. The molecule has 0 bridgehead atoms. The number of nitrogens with zero attached hydrogens (tertiary/aromatic N) is 3. The molecule has 100 valence electrons. The molecule has 1 unspecified atom stereocenters. The van der Waals surface area contributed by atoms with Gasteiger partial charge in [0.05, 0.1) is 11.6 Å². The van der Waals surface area contributed by atoms with Crippen LogP contribution in [0.15, 0.2) is 30.9 Å². The Balaban J connectivity index is 1.99. The van der Waals surface area contributed by atoms with Crippen molar-refractivity contribution >= 4 is 11.6 Å². The first-order chi connectivity index (χ1) is 9.09. The summed E-state index contributed by atoms with van der Waals surface area (Å²) in [6.45, 7) is 0.308. The van der Waals surface area contributed by atoms with Crippen LogP contribution >= 0.6 is 11.6 Å². The van der Waals surface area contributed by atoms with Gasteiger partial charge in [-0.05, 0) is 30.9 Å². The molecule has 1 saturated carbocycles. The van der Waals surface area contributed by atoms with Gasteiger partial charge in [-0.1, -0.05) is 17.7 Å². The molecule has 1 aromatic heterocycles. The summed E-state index contributed by atoms with van der Waals surface area (Å²) in [7, 11) is 0. The zero-order valence-corrected chi connectivity index (χ0v) is 11.0. The van der Waals surface area contributed by atoms with E-state index in [0.29, 0.717) is 17.1 Å². The van der Waals surface area contributed by atoms with Gasteiger partial charge in [-0.3, -0.25) is 0 Å². The van der Waals surface area contributed by atoms with E-state index in [2.05, 4.69) is 10.1 Å². The number of phenolic OH excluding ortho intramolecular Hbond substituents is 1. The lowest BCUT2D eigenvalue weighted by molar-refractivity contribution is -0.00768. The second kappa shape index (κ2) is 4.51. The predicted octanol–water partition coefficient (Wildman–Crippen LogP) is 1.93. The first kappa shape index (κ1) is 12.4. The minimum atomic E-state index is -1.07. The van der Waals surface area contributed by atoms with Crippen LogP contribution < -0.4 is 0 Å². The fourth-order valence-corrected chi connectivity index (χ4v) is 2.75. The van der Waals surface area contributed by atoms with E-state index in [1.165, 1.54) is 18.5 Å². The lowest BCUT2D eigenvalue weighted by Gasteiger charge is -2.29. The van der Waals surface area contributed by atoms with Crippen LogP contribution in [-0.4, -0.2) is 25.0 Å². The van der Waals surface area contributed by atoms with Crippen LogP contribution in [0.25, 0.3) is 0 Å². The Morgan fingerprint density at radius 3 is 2.79 bits per heavy atom.